The molecule has 0 unspecified atom stereocenters. The van der Waals surface area contributed by atoms with Gasteiger partial charge < -0.3 is 9.80 Å². The van der Waals surface area contributed by atoms with Crippen LogP contribution >= 0.6 is 0 Å². The molecule has 0 spiro atoms. The Bertz CT molecular complexity index is 859. The van der Waals surface area contributed by atoms with Crippen LogP contribution in [0.1, 0.15) is 32.1 Å². The second-order valence-electron chi connectivity index (χ2n) is 6.29. The second kappa shape index (κ2) is 7.38. The maximum atomic E-state index is 13.1. The van der Waals surface area contributed by atoms with Crippen molar-refractivity contribution in [3.8, 4) is 0 Å². The molecule has 8 heteroatoms. The number of nitrogens with zero attached hydrogens (tertiary/aromatic N) is 3. The molecule has 0 saturated carbocycles. The number of carbonyl (C=O) groups excluding carboxylic acids is 2. The van der Waals surface area contributed by atoms with Crippen molar-refractivity contribution in [3.05, 3.63) is 65.0 Å². The van der Waals surface area contributed by atoms with Gasteiger partial charge in [-0.25, -0.2) is 4.98 Å². The van der Waals surface area contributed by atoms with Gasteiger partial charge in [-0.3, -0.25) is 9.59 Å². The number of aryl methyl sites for hydroxylation is 1. The first-order chi connectivity index (χ1) is 12.8. The Kier molecular flexibility index (Phi) is 5.16. The zero-order valence-corrected chi connectivity index (χ0v) is 14.7. The molecule has 0 bridgehead atoms. The van der Waals surface area contributed by atoms with Gasteiger partial charge >= 0.3 is 6.18 Å². The van der Waals surface area contributed by atoms with E-state index in [0.717, 1.165) is 11.8 Å². The molecule has 142 valence electrons. The number of hydrogen-bond donors (Lipinski definition) is 0. The van der Waals surface area contributed by atoms with E-state index in [1.54, 1.807) is 30.0 Å². The van der Waals surface area contributed by atoms with E-state index < -0.39 is 17.6 Å². The minimum atomic E-state index is -4.60. The van der Waals surface area contributed by atoms with E-state index in [-0.39, 0.29) is 37.6 Å². The summed E-state index contributed by atoms with van der Waals surface area (Å²) in [5.74, 6) is -0.926. The maximum absolute atomic E-state index is 13.1. The number of carbonyl (C=O) groups is 2. The zero-order chi connectivity index (χ0) is 19.6. The first kappa shape index (κ1) is 18.9. The summed E-state index contributed by atoms with van der Waals surface area (Å²) in [7, 11) is 0. The molecule has 1 aromatic carbocycles. The van der Waals surface area contributed by atoms with Crippen molar-refractivity contribution in [2.45, 2.75) is 13.1 Å². The fourth-order valence-corrected chi connectivity index (χ4v) is 3.02. The Balaban J connectivity index is 1.69. The van der Waals surface area contributed by atoms with Crippen molar-refractivity contribution >= 4 is 11.8 Å². The fraction of sp³-hybridized carbons (Fsp3) is 0.316. The first-order valence-corrected chi connectivity index (χ1v) is 8.46. The van der Waals surface area contributed by atoms with Crippen LogP contribution in [-0.2, 0) is 6.18 Å². The Hall–Kier alpha value is -2.90. The summed E-state index contributed by atoms with van der Waals surface area (Å²) in [6.45, 7) is 2.61. The molecule has 0 atom stereocenters. The molecule has 2 aromatic rings. The van der Waals surface area contributed by atoms with Crippen LogP contribution in [0.25, 0.3) is 0 Å². The molecule has 2 amide bonds. The molecule has 1 saturated heterocycles. The first-order valence-electron chi connectivity index (χ1n) is 8.46. The van der Waals surface area contributed by atoms with Crippen molar-refractivity contribution < 1.29 is 22.8 Å². The molecule has 1 aliphatic rings. The van der Waals surface area contributed by atoms with Crippen LogP contribution in [0.4, 0.5) is 13.2 Å². The number of amides is 2. The molecular formula is C19H18F3N3O2. The molecule has 1 fully saturated rings. The lowest BCUT2D eigenvalue weighted by molar-refractivity contribution is -0.138. The Morgan fingerprint density at radius 1 is 0.889 bits per heavy atom. The Morgan fingerprint density at radius 2 is 1.48 bits per heavy atom. The van der Waals surface area contributed by atoms with Gasteiger partial charge in [0.1, 0.15) is 5.69 Å². The molecule has 3 rings (SSSR count). The lowest BCUT2D eigenvalue weighted by atomic mass is 10.1. The van der Waals surface area contributed by atoms with Gasteiger partial charge in [0.2, 0.25) is 0 Å². The maximum Gasteiger partial charge on any atom is 0.417 e. The highest BCUT2D eigenvalue weighted by molar-refractivity contribution is 5.96. The van der Waals surface area contributed by atoms with Gasteiger partial charge in [0.25, 0.3) is 11.8 Å². The number of alkyl halides is 3. The molecule has 5 nitrogen and oxygen atoms in total. The number of halogens is 3. The quantitative estimate of drug-likeness (QED) is 0.809. The van der Waals surface area contributed by atoms with Crippen molar-refractivity contribution in [1.29, 1.82) is 0 Å². The third-order valence-corrected chi connectivity index (χ3v) is 4.42. The second-order valence-corrected chi connectivity index (χ2v) is 6.29. The van der Waals surface area contributed by atoms with E-state index in [9.17, 15) is 22.8 Å². The van der Waals surface area contributed by atoms with Gasteiger partial charge in [0, 0.05) is 31.9 Å². The lowest BCUT2D eigenvalue weighted by Crippen LogP contribution is -2.51. The third-order valence-electron chi connectivity index (χ3n) is 4.42. The van der Waals surface area contributed by atoms with Crippen molar-refractivity contribution in [1.82, 2.24) is 14.8 Å². The standard InChI is InChI=1S/C19H18F3N3O2/c1-13-5-4-8-16(23-13)18(27)25-11-9-24(10-12-25)17(26)14-6-2-3-7-15(14)19(20,21)22/h2-8H,9-12H2,1H3. The Morgan fingerprint density at radius 3 is 2.07 bits per heavy atom. The zero-order valence-electron chi connectivity index (χ0n) is 14.7. The van der Waals surface area contributed by atoms with Gasteiger partial charge in [-0.15, -0.1) is 0 Å². The summed E-state index contributed by atoms with van der Waals surface area (Å²) in [5.41, 5.74) is -0.279. The summed E-state index contributed by atoms with van der Waals surface area (Å²) in [4.78, 5) is 32.2. The molecular weight excluding hydrogens is 359 g/mol. The van der Waals surface area contributed by atoms with Crippen LogP contribution in [0.5, 0.6) is 0 Å². The summed E-state index contributed by atoms with van der Waals surface area (Å²) < 4.78 is 39.4. The average Bonchev–Trinajstić information content (AvgIpc) is 2.66. The van der Waals surface area contributed by atoms with Crippen molar-refractivity contribution in [2.75, 3.05) is 26.2 Å². The van der Waals surface area contributed by atoms with Crippen LogP contribution in [0, 0.1) is 6.92 Å². The average molecular weight is 377 g/mol. The number of piperazine rings is 1. The minimum Gasteiger partial charge on any atom is -0.335 e. The van der Waals surface area contributed by atoms with Gasteiger partial charge in [-0.05, 0) is 31.2 Å². The van der Waals surface area contributed by atoms with Crippen molar-refractivity contribution in [3.63, 3.8) is 0 Å². The number of aromatic nitrogens is 1. The van der Waals surface area contributed by atoms with Crippen LogP contribution < -0.4 is 0 Å². The molecule has 0 radical (unpaired) electrons. The van der Waals surface area contributed by atoms with Crippen LogP contribution in [0.15, 0.2) is 42.5 Å². The number of hydrogen-bond acceptors (Lipinski definition) is 3. The molecule has 1 aliphatic heterocycles. The summed E-state index contributed by atoms with van der Waals surface area (Å²) >= 11 is 0. The highest BCUT2D eigenvalue weighted by atomic mass is 19.4. The SMILES string of the molecule is Cc1cccc(C(=O)N2CCN(C(=O)c3ccccc3C(F)(F)F)CC2)n1. The fourth-order valence-electron chi connectivity index (χ4n) is 3.02. The van der Waals surface area contributed by atoms with E-state index in [1.165, 1.54) is 23.1 Å². The lowest BCUT2D eigenvalue weighted by Gasteiger charge is -2.35. The van der Waals surface area contributed by atoms with Crippen LogP contribution in [0.3, 0.4) is 0 Å². The Labute approximate surface area is 154 Å². The summed E-state index contributed by atoms with van der Waals surface area (Å²) in [5, 5.41) is 0. The predicted octanol–water partition coefficient (Wildman–Crippen LogP) is 3.01. The smallest absolute Gasteiger partial charge is 0.335 e. The number of rotatable bonds is 2. The molecule has 27 heavy (non-hydrogen) atoms. The largest absolute Gasteiger partial charge is 0.417 e. The topological polar surface area (TPSA) is 53.5 Å². The van der Waals surface area contributed by atoms with Gasteiger partial charge in [-0.2, -0.15) is 13.2 Å². The van der Waals surface area contributed by atoms with Gasteiger partial charge in [0.05, 0.1) is 11.1 Å². The van der Waals surface area contributed by atoms with E-state index in [1.807, 2.05) is 0 Å². The summed E-state index contributed by atoms with van der Waals surface area (Å²) in [6.07, 6.45) is -4.60. The molecule has 1 aromatic heterocycles. The van der Waals surface area contributed by atoms with Crippen LogP contribution in [-0.4, -0.2) is 52.8 Å². The van der Waals surface area contributed by atoms with E-state index in [2.05, 4.69) is 4.98 Å². The highest BCUT2D eigenvalue weighted by Gasteiger charge is 2.36. The van der Waals surface area contributed by atoms with Crippen molar-refractivity contribution in [2.24, 2.45) is 0 Å². The normalized spacial score (nSPS) is 15.0. The molecule has 0 aliphatic carbocycles. The van der Waals surface area contributed by atoms with Gasteiger partial charge in [0.15, 0.2) is 0 Å². The predicted molar refractivity (Wildman–Crippen MR) is 92.2 cm³/mol. The van der Waals surface area contributed by atoms with E-state index in [0.29, 0.717) is 5.69 Å². The molecule has 2 heterocycles. The minimum absolute atomic E-state index is 0.169. The summed E-state index contributed by atoms with van der Waals surface area (Å²) in [6, 6.07) is 9.88. The number of benzene rings is 1. The highest BCUT2D eigenvalue weighted by Crippen LogP contribution is 2.32. The van der Waals surface area contributed by atoms with E-state index >= 15 is 0 Å². The van der Waals surface area contributed by atoms with Crippen LogP contribution in [0.2, 0.25) is 0 Å². The monoisotopic (exact) mass is 377 g/mol. The number of pyridine rings is 1. The third kappa shape index (κ3) is 4.10. The van der Waals surface area contributed by atoms with Gasteiger partial charge in [-0.1, -0.05) is 18.2 Å². The molecule has 0 N–H and O–H groups in total. The van der Waals surface area contributed by atoms with E-state index in [4.69, 9.17) is 0 Å².